The maximum Gasteiger partial charge on any atom is 0.315 e. The molecule has 0 spiro atoms. The summed E-state index contributed by atoms with van der Waals surface area (Å²) in [6.07, 6.45) is 0.635. The van der Waals surface area contributed by atoms with Crippen LogP contribution in [0.3, 0.4) is 0 Å². The number of hydrogen-bond donors (Lipinski definition) is 1. The molecule has 0 bridgehead atoms. The zero-order chi connectivity index (χ0) is 14.7. The standard InChI is InChI=1S/C13H20N4O4/c1-2-10-15-12(21-16-10)11(18)14-7-13-8-19-5-3-17(13)4-6-20-9-13/h2-9H2,1H3,(H,14,18). The van der Waals surface area contributed by atoms with E-state index in [4.69, 9.17) is 14.0 Å². The van der Waals surface area contributed by atoms with E-state index in [9.17, 15) is 4.79 Å². The van der Waals surface area contributed by atoms with Gasteiger partial charge in [-0.05, 0) is 0 Å². The van der Waals surface area contributed by atoms with Crippen molar-refractivity contribution in [2.45, 2.75) is 18.9 Å². The summed E-state index contributed by atoms with van der Waals surface area (Å²) in [6, 6.07) is 0. The van der Waals surface area contributed by atoms with E-state index in [1.54, 1.807) is 0 Å². The molecule has 1 aromatic rings. The number of fused-ring (bicyclic) bond motifs is 1. The van der Waals surface area contributed by atoms with Crippen molar-refractivity contribution in [3.8, 4) is 0 Å². The van der Waals surface area contributed by atoms with Crippen LogP contribution in [0.5, 0.6) is 0 Å². The zero-order valence-corrected chi connectivity index (χ0v) is 12.1. The number of carbonyl (C=O) groups is 1. The molecule has 2 aliphatic rings. The van der Waals surface area contributed by atoms with E-state index < -0.39 is 0 Å². The first kappa shape index (κ1) is 14.4. The van der Waals surface area contributed by atoms with E-state index in [2.05, 4.69) is 20.4 Å². The molecule has 1 amide bonds. The average Bonchev–Trinajstić information content (AvgIpc) is 3.02. The summed E-state index contributed by atoms with van der Waals surface area (Å²) < 4.78 is 16.1. The number of aromatic nitrogens is 2. The predicted molar refractivity (Wildman–Crippen MR) is 72.0 cm³/mol. The smallest absolute Gasteiger partial charge is 0.315 e. The normalized spacial score (nSPS) is 21.8. The molecule has 3 heterocycles. The number of nitrogens with one attached hydrogen (secondary N) is 1. The van der Waals surface area contributed by atoms with Gasteiger partial charge in [-0.2, -0.15) is 4.98 Å². The van der Waals surface area contributed by atoms with Crippen molar-refractivity contribution in [1.82, 2.24) is 20.4 Å². The topological polar surface area (TPSA) is 89.7 Å². The molecule has 0 radical (unpaired) electrons. The summed E-state index contributed by atoms with van der Waals surface area (Å²) in [6.45, 7) is 6.62. The Morgan fingerprint density at radius 2 is 2.05 bits per heavy atom. The molecule has 8 heteroatoms. The molecule has 116 valence electrons. The molecule has 0 atom stereocenters. The number of nitrogens with zero attached hydrogens (tertiary/aromatic N) is 3. The predicted octanol–water partition coefficient (Wildman–Crippen LogP) is -0.537. The van der Waals surface area contributed by atoms with Crippen LogP contribution in [-0.4, -0.2) is 72.5 Å². The SMILES string of the molecule is CCc1noc(C(=O)NCC23COCCN2CCOC3)n1. The lowest BCUT2D eigenvalue weighted by Gasteiger charge is -2.49. The largest absolute Gasteiger partial charge is 0.378 e. The number of aryl methyl sites for hydroxylation is 1. The molecule has 3 rings (SSSR count). The highest BCUT2D eigenvalue weighted by Crippen LogP contribution is 2.23. The fraction of sp³-hybridized carbons (Fsp3) is 0.769. The Hall–Kier alpha value is -1.51. The Bertz CT molecular complexity index is 492. The van der Waals surface area contributed by atoms with Gasteiger partial charge in [0, 0.05) is 26.1 Å². The second-order valence-corrected chi connectivity index (χ2v) is 5.37. The second kappa shape index (κ2) is 6.08. The minimum atomic E-state index is -0.354. The van der Waals surface area contributed by atoms with Crippen LogP contribution in [0.1, 0.15) is 23.4 Å². The lowest BCUT2D eigenvalue weighted by molar-refractivity contribution is -0.139. The van der Waals surface area contributed by atoms with Crippen molar-refractivity contribution >= 4 is 5.91 Å². The molecule has 8 nitrogen and oxygen atoms in total. The number of carbonyl (C=O) groups excluding carboxylic acids is 1. The summed E-state index contributed by atoms with van der Waals surface area (Å²) in [5.41, 5.74) is -0.292. The highest BCUT2D eigenvalue weighted by molar-refractivity contribution is 5.89. The third-order valence-corrected chi connectivity index (χ3v) is 3.98. The lowest BCUT2D eigenvalue weighted by atomic mass is 9.96. The molecule has 2 saturated heterocycles. The third kappa shape index (κ3) is 2.92. The molecule has 0 aromatic carbocycles. The summed E-state index contributed by atoms with van der Waals surface area (Å²) >= 11 is 0. The van der Waals surface area contributed by atoms with E-state index in [1.165, 1.54) is 0 Å². The molecular formula is C13H20N4O4. The van der Waals surface area contributed by atoms with Crippen molar-refractivity contribution in [3.63, 3.8) is 0 Å². The van der Waals surface area contributed by atoms with Gasteiger partial charge in [0.15, 0.2) is 5.82 Å². The molecular weight excluding hydrogens is 276 g/mol. The molecule has 0 unspecified atom stereocenters. The number of rotatable bonds is 4. The van der Waals surface area contributed by atoms with Crippen LogP contribution in [0.15, 0.2) is 4.52 Å². The Kier molecular flexibility index (Phi) is 4.18. The van der Waals surface area contributed by atoms with Crippen molar-refractivity contribution in [3.05, 3.63) is 11.7 Å². The van der Waals surface area contributed by atoms with Gasteiger partial charge in [0.05, 0.1) is 32.0 Å². The van der Waals surface area contributed by atoms with E-state index >= 15 is 0 Å². The van der Waals surface area contributed by atoms with Gasteiger partial charge in [-0.25, -0.2) is 0 Å². The average molecular weight is 296 g/mol. The van der Waals surface area contributed by atoms with Gasteiger partial charge >= 0.3 is 11.8 Å². The fourth-order valence-corrected chi connectivity index (χ4v) is 2.71. The summed E-state index contributed by atoms with van der Waals surface area (Å²) in [5, 5.41) is 6.58. The Morgan fingerprint density at radius 1 is 1.33 bits per heavy atom. The van der Waals surface area contributed by atoms with E-state index in [0.717, 1.165) is 26.3 Å². The highest BCUT2D eigenvalue weighted by atomic mass is 16.5. The number of ether oxygens (including phenoxy) is 2. The van der Waals surface area contributed by atoms with Crippen LogP contribution >= 0.6 is 0 Å². The first-order valence-corrected chi connectivity index (χ1v) is 7.25. The molecule has 2 fully saturated rings. The summed E-state index contributed by atoms with van der Waals surface area (Å²) in [5.74, 6) is 0.179. The fourth-order valence-electron chi connectivity index (χ4n) is 2.71. The van der Waals surface area contributed by atoms with Crippen molar-refractivity contribution in [2.24, 2.45) is 0 Å². The summed E-state index contributed by atoms with van der Waals surface area (Å²) in [4.78, 5) is 18.4. The minimum Gasteiger partial charge on any atom is -0.378 e. The van der Waals surface area contributed by atoms with E-state index in [0.29, 0.717) is 32.0 Å². The van der Waals surface area contributed by atoms with Gasteiger partial charge in [-0.15, -0.1) is 0 Å². The van der Waals surface area contributed by atoms with Crippen LogP contribution in [-0.2, 0) is 15.9 Å². The maximum absolute atomic E-state index is 12.1. The Morgan fingerprint density at radius 3 is 2.67 bits per heavy atom. The Balaban J connectivity index is 1.63. The van der Waals surface area contributed by atoms with Crippen LogP contribution in [0.4, 0.5) is 0 Å². The second-order valence-electron chi connectivity index (χ2n) is 5.37. The monoisotopic (exact) mass is 296 g/mol. The van der Waals surface area contributed by atoms with Gasteiger partial charge in [0.2, 0.25) is 0 Å². The number of morpholine rings is 2. The maximum atomic E-state index is 12.1. The van der Waals surface area contributed by atoms with Crippen LogP contribution in [0, 0.1) is 0 Å². The van der Waals surface area contributed by atoms with E-state index in [-0.39, 0.29) is 17.3 Å². The van der Waals surface area contributed by atoms with Crippen LogP contribution in [0.25, 0.3) is 0 Å². The minimum absolute atomic E-state index is 0.00301. The van der Waals surface area contributed by atoms with Gasteiger partial charge in [0.25, 0.3) is 0 Å². The quantitative estimate of drug-likeness (QED) is 0.798. The highest BCUT2D eigenvalue weighted by Gasteiger charge is 2.42. The van der Waals surface area contributed by atoms with Crippen LogP contribution < -0.4 is 5.32 Å². The Labute approximate surface area is 122 Å². The number of hydrogen-bond acceptors (Lipinski definition) is 7. The molecule has 0 saturated carbocycles. The molecule has 21 heavy (non-hydrogen) atoms. The molecule has 0 aliphatic carbocycles. The lowest BCUT2D eigenvalue weighted by Crippen LogP contribution is -2.67. The van der Waals surface area contributed by atoms with Crippen LogP contribution in [0.2, 0.25) is 0 Å². The van der Waals surface area contributed by atoms with Gasteiger partial charge in [0.1, 0.15) is 0 Å². The van der Waals surface area contributed by atoms with Gasteiger partial charge in [-0.3, -0.25) is 9.69 Å². The number of amides is 1. The van der Waals surface area contributed by atoms with Gasteiger partial charge in [-0.1, -0.05) is 12.1 Å². The third-order valence-electron chi connectivity index (χ3n) is 3.98. The first-order chi connectivity index (χ1) is 10.2. The van der Waals surface area contributed by atoms with Gasteiger partial charge < -0.3 is 19.3 Å². The first-order valence-electron chi connectivity index (χ1n) is 7.25. The van der Waals surface area contributed by atoms with Crippen molar-refractivity contribution in [2.75, 3.05) is 46.1 Å². The van der Waals surface area contributed by atoms with Crippen molar-refractivity contribution < 1.29 is 18.8 Å². The van der Waals surface area contributed by atoms with E-state index in [1.807, 2.05) is 6.92 Å². The molecule has 2 aliphatic heterocycles. The molecule has 1 N–H and O–H groups in total. The van der Waals surface area contributed by atoms with Crippen molar-refractivity contribution in [1.29, 1.82) is 0 Å². The zero-order valence-electron chi connectivity index (χ0n) is 12.1. The summed E-state index contributed by atoms with van der Waals surface area (Å²) in [7, 11) is 0. The molecule has 1 aromatic heterocycles.